The van der Waals surface area contributed by atoms with Crippen LogP contribution in [0.15, 0.2) is 54.6 Å². The Hall–Kier alpha value is -1.60. The van der Waals surface area contributed by atoms with E-state index in [4.69, 9.17) is 5.73 Å². The quantitative estimate of drug-likeness (QED) is 0.800. The molecule has 19 heavy (non-hydrogen) atoms. The molecule has 1 atom stereocenters. The number of rotatable bonds is 6. The van der Waals surface area contributed by atoms with Crippen LogP contribution in [0.3, 0.4) is 0 Å². The third-order valence-corrected chi connectivity index (χ3v) is 3.68. The molecule has 0 spiro atoms. The Morgan fingerprint density at radius 3 is 2.11 bits per heavy atom. The molecule has 2 aromatic carbocycles. The summed E-state index contributed by atoms with van der Waals surface area (Å²) in [6, 6.07) is 19.4. The summed E-state index contributed by atoms with van der Waals surface area (Å²) in [7, 11) is 0. The summed E-state index contributed by atoms with van der Waals surface area (Å²) in [4.78, 5) is 0. The minimum atomic E-state index is 0.504. The van der Waals surface area contributed by atoms with Gasteiger partial charge in [-0.05, 0) is 35.6 Å². The molecule has 0 saturated carbocycles. The van der Waals surface area contributed by atoms with Gasteiger partial charge in [0.25, 0.3) is 0 Å². The molecular weight excluding hydrogens is 230 g/mol. The first-order valence-electron chi connectivity index (χ1n) is 7.20. The summed E-state index contributed by atoms with van der Waals surface area (Å²) < 4.78 is 0. The number of benzene rings is 2. The van der Waals surface area contributed by atoms with E-state index in [0.29, 0.717) is 5.92 Å². The van der Waals surface area contributed by atoms with Gasteiger partial charge in [0.05, 0.1) is 0 Å². The first kappa shape index (κ1) is 13.8. The lowest BCUT2D eigenvalue weighted by Gasteiger charge is -2.15. The second-order valence-electron chi connectivity index (χ2n) is 5.06. The molecule has 0 aliphatic heterocycles. The monoisotopic (exact) mass is 253 g/mol. The van der Waals surface area contributed by atoms with Crippen LogP contribution in [-0.2, 0) is 0 Å². The summed E-state index contributed by atoms with van der Waals surface area (Å²) in [5.74, 6) is 0.504. The third-order valence-electron chi connectivity index (χ3n) is 3.68. The van der Waals surface area contributed by atoms with Crippen molar-refractivity contribution in [3.05, 3.63) is 60.2 Å². The van der Waals surface area contributed by atoms with Crippen molar-refractivity contribution >= 4 is 0 Å². The lowest BCUT2D eigenvalue weighted by molar-refractivity contribution is 0.592. The van der Waals surface area contributed by atoms with Crippen LogP contribution in [0, 0.1) is 0 Å². The summed E-state index contributed by atoms with van der Waals surface area (Å²) in [5, 5.41) is 0. The Bertz CT molecular complexity index is 473. The lowest BCUT2D eigenvalue weighted by atomic mass is 9.92. The molecule has 0 heterocycles. The molecule has 1 unspecified atom stereocenters. The molecule has 100 valence electrons. The molecule has 0 aliphatic carbocycles. The fourth-order valence-electron chi connectivity index (χ4n) is 2.45. The predicted octanol–water partition coefficient (Wildman–Crippen LogP) is 4.59. The van der Waals surface area contributed by atoms with Crippen molar-refractivity contribution < 1.29 is 0 Å². The highest BCUT2D eigenvalue weighted by Crippen LogP contribution is 2.25. The van der Waals surface area contributed by atoms with Gasteiger partial charge in [0.2, 0.25) is 0 Å². The fourth-order valence-corrected chi connectivity index (χ4v) is 2.45. The van der Waals surface area contributed by atoms with Gasteiger partial charge in [0.1, 0.15) is 0 Å². The average molecular weight is 253 g/mol. The maximum absolute atomic E-state index is 5.89. The summed E-state index contributed by atoms with van der Waals surface area (Å²) in [5.41, 5.74) is 9.81. The zero-order chi connectivity index (χ0) is 13.5. The smallest absolute Gasteiger partial charge is 0.000824 e. The second kappa shape index (κ2) is 7.10. The van der Waals surface area contributed by atoms with Gasteiger partial charge in [-0.3, -0.25) is 0 Å². The zero-order valence-electron chi connectivity index (χ0n) is 11.7. The molecule has 0 aromatic heterocycles. The van der Waals surface area contributed by atoms with Crippen molar-refractivity contribution in [2.75, 3.05) is 6.54 Å². The molecule has 2 rings (SSSR count). The van der Waals surface area contributed by atoms with Crippen molar-refractivity contribution in [3.8, 4) is 11.1 Å². The number of unbranched alkanes of at least 4 members (excludes halogenated alkanes) is 1. The van der Waals surface area contributed by atoms with Gasteiger partial charge in [-0.15, -0.1) is 0 Å². The van der Waals surface area contributed by atoms with Crippen LogP contribution in [0.25, 0.3) is 11.1 Å². The summed E-state index contributed by atoms with van der Waals surface area (Å²) in [6.45, 7) is 2.97. The van der Waals surface area contributed by atoms with E-state index in [9.17, 15) is 0 Å². The zero-order valence-corrected chi connectivity index (χ0v) is 11.7. The largest absolute Gasteiger partial charge is 0.330 e. The lowest BCUT2D eigenvalue weighted by Crippen LogP contribution is -2.12. The predicted molar refractivity (Wildman–Crippen MR) is 83.2 cm³/mol. The average Bonchev–Trinajstić information content (AvgIpc) is 2.49. The van der Waals surface area contributed by atoms with E-state index in [1.54, 1.807) is 0 Å². The third kappa shape index (κ3) is 3.68. The van der Waals surface area contributed by atoms with Crippen molar-refractivity contribution in [2.24, 2.45) is 5.73 Å². The molecule has 2 aromatic rings. The highest BCUT2D eigenvalue weighted by Gasteiger charge is 2.09. The molecule has 1 nitrogen and oxygen atoms in total. The molecule has 1 heteroatoms. The molecule has 0 aliphatic rings. The number of hydrogen-bond donors (Lipinski definition) is 1. The molecule has 0 radical (unpaired) electrons. The van der Waals surface area contributed by atoms with Crippen LogP contribution >= 0.6 is 0 Å². The van der Waals surface area contributed by atoms with Crippen molar-refractivity contribution in [3.63, 3.8) is 0 Å². The summed E-state index contributed by atoms with van der Waals surface area (Å²) >= 11 is 0. The van der Waals surface area contributed by atoms with Gasteiger partial charge in [-0.1, -0.05) is 74.4 Å². The Morgan fingerprint density at radius 2 is 1.53 bits per heavy atom. The Labute approximate surface area is 116 Å². The molecule has 0 saturated heterocycles. The molecule has 0 fully saturated rings. The Kier molecular flexibility index (Phi) is 5.17. The van der Waals surface area contributed by atoms with Gasteiger partial charge >= 0.3 is 0 Å². The normalized spacial score (nSPS) is 12.3. The molecule has 0 bridgehead atoms. The van der Waals surface area contributed by atoms with Crippen LogP contribution in [0.4, 0.5) is 0 Å². The van der Waals surface area contributed by atoms with Gasteiger partial charge in [0.15, 0.2) is 0 Å². The van der Waals surface area contributed by atoms with Gasteiger partial charge in [0, 0.05) is 0 Å². The minimum absolute atomic E-state index is 0.504. The Balaban J connectivity index is 2.13. The van der Waals surface area contributed by atoms with E-state index < -0.39 is 0 Å². The van der Waals surface area contributed by atoms with Crippen molar-refractivity contribution in [2.45, 2.75) is 32.1 Å². The van der Waals surface area contributed by atoms with E-state index >= 15 is 0 Å². The van der Waals surface area contributed by atoms with Crippen LogP contribution in [0.1, 0.15) is 37.7 Å². The highest BCUT2D eigenvalue weighted by molar-refractivity contribution is 5.63. The Morgan fingerprint density at radius 1 is 0.895 bits per heavy atom. The summed E-state index contributed by atoms with van der Waals surface area (Å²) in [6.07, 6.45) is 3.68. The van der Waals surface area contributed by atoms with Crippen LogP contribution in [-0.4, -0.2) is 6.54 Å². The van der Waals surface area contributed by atoms with Gasteiger partial charge < -0.3 is 5.73 Å². The van der Waals surface area contributed by atoms with Crippen molar-refractivity contribution in [1.29, 1.82) is 0 Å². The SMILES string of the molecule is CCCCC(CN)c1ccc(-c2ccccc2)cc1. The molecule has 0 amide bonds. The maximum atomic E-state index is 5.89. The maximum Gasteiger partial charge on any atom is -0.000824 e. The second-order valence-corrected chi connectivity index (χ2v) is 5.06. The number of hydrogen-bond acceptors (Lipinski definition) is 1. The van der Waals surface area contributed by atoms with E-state index in [0.717, 1.165) is 6.54 Å². The first-order chi connectivity index (χ1) is 9.35. The molecular formula is C18H23N. The van der Waals surface area contributed by atoms with E-state index in [-0.39, 0.29) is 0 Å². The number of nitrogens with two attached hydrogens (primary N) is 1. The van der Waals surface area contributed by atoms with Crippen LogP contribution < -0.4 is 5.73 Å². The fraction of sp³-hybridized carbons (Fsp3) is 0.333. The minimum Gasteiger partial charge on any atom is -0.330 e. The molecule has 2 N–H and O–H groups in total. The van der Waals surface area contributed by atoms with Gasteiger partial charge in [-0.2, -0.15) is 0 Å². The van der Waals surface area contributed by atoms with Gasteiger partial charge in [-0.25, -0.2) is 0 Å². The highest BCUT2D eigenvalue weighted by atomic mass is 14.5. The topological polar surface area (TPSA) is 26.0 Å². The first-order valence-corrected chi connectivity index (χ1v) is 7.20. The van der Waals surface area contributed by atoms with E-state index in [2.05, 4.69) is 55.5 Å². The van der Waals surface area contributed by atoms with E-state index in [1.807, 2.05) is 6.07 Å². The van der Waals surface area contributed by atoms with E-state index in [1.165, 1.54) is 36.0 Å². The van der Waals surface area contributed by atoms with Crippen molar-refractivity contribution in [1.82, 2.24) is 0 Å². The standard InChI is InChI=1S/C18H23N/c1-2-3-7-18(14-19)17-12-10-16(11-13-17)15-8-5-4-6-9-15/h4-6,8-13,18H,2-3,7,14,19H2,1H3. The van der Waals surface area contributed by atoms with Crippen LogP contribution in [0.5, 0.6) is 0 Å². The van der Waals surface area contributed by atoms with Crippen LogP contribution in [0.2, 0.25) is 0 Å².